The number of ether oxygens (including phenoxy) is 1. The molecule has 2 N–H and O–H groups in total. The Morgan fingerprint density at radius 1 is 1.50 bits per heavy atom. The molecule has 1 heterocycles. The lowest BCUT2D eigenvalue weighted by atomic mass is 10.1. The summed E-state index contributed by atoms with van der Waals surface area (Å²) in [5.41, 5.74) is 1.96. The number of nitrogens with one attached hydrogen (secondary N) is 2. The summed E-state index contributed by atoms with van der Waals surface area (Å²) in [6.07, 6.45) is -0.0893. The predicted octanol–water partition coefficient (Wildman–Crippen LogP) is 1.73. The van der Waals surface area contributed by atoms with E-state index in [2.05, 4.69) is 10.6 Å². The zero-order valence-corrected chi connectivity index (χ0v) is 11.4. The minimum absolute atomic E-state index is 0. The van der Waals surface area contributed by atoms with Crippen LogP contribution in [0.3, 0.4) is 0 Å². The molecule has 100 valence electrons. The Morgan fingerprint density at radius 3 is 2.94 bits per heavy atom. The summed E-state index contributed by atoms with van der Waals surface area (Å²) in [7, 11) is 0. The monoisotopic (exact) mass is 270 g/mol. The standard InChI is InChI=1S/C13H18N2O2.ClH/c1-9-4-3-5-11(8-9)15-13(16)12-10(2)17-7-6-14-12;/h3-5,8,10,12,14H,6-7H2,1-2H3,(H,15,16);1H/t10-,12+;/m1./s1. The molecule has 1 fully saturated rings. The maximum absolute atomic E-state index is 12.0. The quantitative estimate of drug-likeness (QED) is 0.861. The normalized spacial score (nSPS) is 23.0. The summed E-state index contributed by atoms with van der Waals surface area (Å²) in [5.74, 6) is -0.0391. The van der Waals surface area contributed by atoms with Crippen LogP contribution in [0.1, 0.15) is 12.5 Å². The summed E-state index contributed by atoms with van der Waals surface area (Å²) < 4.78 is 5.45. The predicted molar refractivity (Wildman–Crippen MR) is 74.3 cm³/mol. The fraction of sp³-hybridized carbons (Fsp3) is 0.462. The number of morpholine rings is 1. The molecule has 0 aromatic heterocycles. The minimum Gasteiger partial charge on any atom is -0.375 e. The van der Waals surface area contributed by atoms with Gasteiger partial charge in [0.15, 0.2) is 0 Å². The fourth-order valence-electron chi connectivity index (χ4n) is 1.97. The maximum atomic E-state index is 12.0. The number of carbonyl (C=O) groups excluding carboxylic acids is 1. The first-order valence-corrected chi connectivity index (χ1v) is 5.89. The van der Waals surface area contributed by atoms with Crippen molar-refractivity contribution in [1.29, 1.82) is 0 Å². The number of aryl methyl sites for hydroxylation is 1. The third-order valence-corrected chi connectivity index (χ3v) is 2.88. The largest absolute Gasteiger partial charge is 0.375 e. The maximum Gasteiger partial charge on any atom is 0.244 e. The molecular formula is C13H19ClN2O2. The molecule has 2 rings (SSSR count). The average molecular weight is 271 g/mol. The number of carbonyl (C=O) groups is 1. The van der Waals surface area contributed by atoms with E-state index < -0.39 is 0 Å². The molecule has 0 bridgehead atoms. The summed E-state index contributed by atoms with van der Waals surface area (Å²) in [6.45, 7) is 5.29. The fourth-order valence-corrected chi connectivity index (χ4v) is 1.97. The molecule has 18 heavy (non-hydrogen) atoms. The molecule has 5 heteroatoms. The van der Waals surface area contributed by atoms with Gasteiger partial charge in [-0.2, -0.15) is 0 Å². The third kappa shape index (κ3) is 3.70. The second-order valence-corrected chi connectivity index (χ2v) is 4.37. The summed E-state index contributed by atoms with van der Waals surface area (Å²) in [4.78, 5) is 12.0. The molecule has 1 aliphatic rings. The van der Waals surface area contributed by atoms with Crippen LogP contribution in [0.15, 0.2) is 24.3 Å². The van der Waals surface area contributed by atoms with E-state index in [0.717, 1.165) is 17.8 Å². The molecular weight excluding hydrogens is 252 g/mol. The van der Waals surface area contributed by atoms with Crippen molar-refractivity contribution in [3.63, 3.8) is 0 Å². The highest BCUT2D eigenvalue weighted by Crippen LogP contribution is 2.12. The molecule has 1 amide bonds. The van der Waals surface area contributed by atoms with Crippen molar-refractivity contribution in [2.75, 3.05) is 18.5 Å². The molecule has 1 aromatic rings. The van der Waals surface area contributed by atoms with E-state index in [1.165, 1.54) is 0 Å². The van der Waals surface area contributed by atoms with E-state index in [-0.39, 0.29) is 30.5 Å². The summed E-state index contributed by atoms with van der Waals surface area (Å²) >= 11 is 0. The third-order valence-electron chi connectivity index (χ3n) is 2.88. The molecule has 0 aliphatic carbocycles. The smallest absolute Gasteiger partial charge is 0.244 e. The zero-order chi connectivity index (χ0) is 12.3. The lowest BCUT2D eigenvalue weighted by Crippen LogP contribution is -2.53. The molecule has 0 spiro atoms. The number of benzene rings is 1. The first kappa shape index (κ1) is 15.0. The van der Waals surface area contributed by atoms with Crippen LogP contribution >= 0.6 is 12.4 Å². The van der Waals surface area contributed by atoms with Gasteiger partial charge in [0, 0.05) is 12.2 Å². The van der Waals surface area contributed by atoms with E-state index >= 15 is 0 Å². The molecule has 4 nitrogen and oxygen atoms in total. The van der Waals surface area contributed by atoms with Gasteiger partial charge in [-0.3, -0.25) is 4.79 Å². The van der Waals surface area contributed by atoms with Crippen LogP contribution in [0.5, 0.6) is 0 Å². The molecule has 2 atom stereocenters. The summed E-state index contributed by atoms with van der Waals surface area (Å²) in [6, 6.07) is 7.49. The van der Waals surface area contributed by atoms with E-state index in [9.17, 15) is 4.79 Å². The van der Waals surface area contributed by atoms with Crippen molar-refractivity contribution in [2.45, 2.75) is 26.0 Å². The van der Waals surface area contributed by atoms with Gasteiger partial charge in [0.05, 0.1) is 12.7 Å². The number of anilines is 1. The van der Waals surface area contributed by atoms with E-state index in [4.69, 9.17) is 4.74 Å². The van der Waals surface area contributed by atoms with E-state index in [0.29, 0.717) is 6.61 Å². The Bertz CT molecular complexity index is 412. The first-order chi connectivity index (χ1) is 8.16. The Labute approximate surface area is 114 Å². The molecule has 1 aliphatic heterocycles. The molecule has 1 aromatic carbocycles. The number of hydrogen-bond donors (Lipinski definition) is 2. The van der Waals surface area contributed by atoms with Gasteiger partial charge in [0.2, 0.25) is 5.91 Å². The first-order valence-electron chi connectivity index (χ1n) is 5.89. The van der Waals surface area contributed by atoms with Crippen LogP contribution in [0.2, 0.25) is 0 Å². The van der Waals surface area contributed by atoms with Crippen molar-refractivity contribution in [2.24, 2.45) is 0 Å². The van der Waals surface area contributed by atoms with Gasteiger partial charge in [0.1, 0.15) is 6.04 Å². The Morgan fingerprint density at radius 2 is 2.28 bits per heavy atom. The van der Waals surface area contributed by atoms with Crippen molar-refractivity contribution in [1.82, 2.24) is 5.32 Å². The van der Waals surface area contributed by atoms with Crippen LogP contribution in [-0.4, -0.2) is 31.2 Å². The molecule has 0 radical (unpaired) electrons. The number of amides is 1. The number of hydrogen-bond acceptors (Lipinski definition) is 3. The Balaban J connectivity index is 0.00000162. The highest BCUT2D eigenvalue weighted by molar-refractivity contribution is 5.95. The SMILES string of the molecule is Cc1cccc(NC(=O)[C@H]2NCCO[C@@H]2C)c1.Cl. The van der Waals surface area contributed by atoms with Crippen molar-refractivity contribution in [3.05, 3.63) is 29.8 Å². The second kappa shape index (κ2) is 6.73. The Hall–Kier alpha value is -1.10. The Kier molecular flexibility index (Phi) is 5.59. The van der Waals surface area contributed by atoms with Crippen molar-refractivity contribution < 1.29 is 9.53 Å². The van der Waals surface area contributed by atoms with Gasteiger partial charge >= 0.3 is 0 Å². The van der Waals surface area contributed by atoms with Crippen LogP contribution < -0.4 is 10.6 Å². The van der Waals surface area contributed by atoms with Gasteiger partial charge in [-0.25, -0.2) is 0 Å². The van der Waals surface area contributed by atoms with Gasteiger partial charge in [-0.15, -0.1) is 12.4 Å². The molecule has 0 unspecified atom stereocenters. The highest BCUT2D eigenvalue weighted by atomic mass is 35.5. The highest BCUT2D eigenvalue weighted by Gasteiger charge is 2.28. The lowest BCUT2D eigenvalue weighted by Gasteiger charge is -2.29. The van der Waals surface area contributed by atoms with Crippen molar-refractivity contribution >= 4 is 24.0 Å². The average Bonchev–Trinajstić information content (AvgIpc) is 2.29. The summed E-state index contributed by atoms with van der Waals surface area (Å²) in [5, 5.41) is 6.07. The number of halogens is 1. The van der Waals surface area contributed by atoms with Gasteiger partial charge in [0.25, 0.3) is 0 Å². The minimum atomic E-state index is -0.274. The van der Waals surface area contributed by atoms with E-state index in [1.54, 1.807) is 0 Å². The van der Waals surface area contributed by atoms with Crippen molar-refractivity contribution in [3.8, 4) is 0 Å². The van der Waals surface area contributed by atoms with Crippen LogP contribution in [0.25, 0.3) is 0 Å². The zero-order valence-electron chi connectivity index (χ0n) is 10.6. The molecule has 0 saturated carbocycles. The lowest BCUT2D eigenvalue weighted by molar-refractivity contribution is -0.123. The van der Waals surface area contributed by atoms with E-state index in [1.807, 2.05) is 38.1 Å². The number of rotatable bonds is 2. The topological polar surface area (TPSA) is 50.4 Å². The van der Waals surface area contributed by atoms with Crippen LogP contribution in [0.4, 0.5) is 5.69 Å². The molecule has 1 saturated heterocycles. The van der Waals surface area contributed by atoms with Gasteiger partial charge in [-0.05, 0) is 31.5 Å². The van der Waals surface area contributed by atoms with Gasteiger partial charge < -0.3 is 15.4 Å². The van der Waals surface area contributed by atoms with Crippen LogP contribution in [0, 0.1) is 6.92 Å². The van der Waals surface area contributed by atoms with Gasteiger partial charge in [-0.1, -0.05) is 12.1 Å². The second-order valence-electron chi connectivity index (χ2n) is 4.37. The van der Waals surface area contributed by atoms with Crippen LogP contribution in [-0.2, 0) is 9.53 Å².